The lowest BCUT2D eigenvalue weighted by molar-refractivity contribution is -0.137. The lowest BCUT2D eigenvalue weighted by Crippen LogP contribution is -2.31. The molecule has 0 saturated carbocycles. The van der Waals surface area contributed by atoms with E-state index in [2.05, 4.69) is 9.80 Å². The maximum absolute atomic E-state index is 12.8. The van der Waals surface area contributed by atoms with Crippen molar-refractivity contribution in [3.63, 3.8) is 0 Å². The molecule has 2 rings (SSSR count). The van der Waals surface area contributed by atoms with Crippen LogP contribution in [0.15, 0.2) is 18.2 Å². The molecule has 112 valence electrons. The van der Waals surface area contributed by atoms with E-state index in [9.17, 15) is 13.2 Å². The molecule has 0 bridgehead atoms. The number of hydrogen-bond donors (Lipinski definition) is 0. The van der Waals surface area contributed by atoms with E-state index >= 15 is 0 Å². The van der Waals surface area contributed by atoms with Crippen LogP contribution >= 0.6 is 0 Å². The van der Waals surface area contributed by atoms with E-state index in [1.165, 1.54) is 12.1 Å². The van der Waals surface area contributed by atoms with Crippen LogP contribution in [-0.2, 0) is 12.7 Å². The third-order valence-electron chi connectivity index (χ3n) is 3.85. The highest BCUT2D eigenvalue weighted by atomic mass is 19.4. The Hall–Kier alpha value is -1.07. The fourth-order valence-electron chi connectivity index (χ4n) is 2.75. The number of likely N-dealkylation sites (tertiary alicyclic amines) is 1. The highest BCUT2D eigenvalue weighted by Crippen LogP contribution is 2.31. The van der Waals surface area contributed by atoms with Gasteiger partial charge in [-0.3, -0.25) is 4.90 Å². The SMILES string of the molecule is Cc1cc(CN2CC[C@H](N(C)C)C2)cc(C(F)(F)F)c1. The number of hydrogen-bond acceptors (Lipinski definition) is 2. The highest BCUT2D eigenvalue weighted by Gasteiger charge is 2.31. The van der Waals surface area contributed by atoms with Gasteiger partial charge in [-0.05, 0) is 45.1 Å². The summed E-state index contributed by atoms with van der Waals surface area (Å²) in [5.41, 5.74) is 0.866. The van der Waals surface area contributed by atoms with E-state index < -0.39 is 11.7 Å². The van der Waals surface area contributed by atoms with Gasteiger partial charge in [-0.2, -0.15) is 13.2 Å². The average molecular weight is 286 g/mol. The first-order chi connectivity index (χ1) is 9.25. The van der Waals surface area contributed by atoms with Crippen LogP contribution in [0.3, 0.4) is 0 Å². The Kier molecular flexibility index (Phi) is 4.39. The van der Waals surface area contributed by atoms with Gasteiger partial charge in [0.25, 0.3) is 0 Å². The summed E-state index contributed by atoms with van der Waals surface area (Å²) < 4.78 is 38.4. The van der Waals surface area contributed by atoms with Crippen LogP contribution in [0, 0.1) is 6.92 Å². The van der Waals surface area contributed by atoms with E-state index in [0.717, 1.165) is 25.1 Å². The minimum Gasteiger partial charge on any atom is -0.305 e. The van der Waals surface area contributed by atoms with E-state index in [1.54, 1.807) is 6.92 Å². The monoisotopic (exact) mass is 286 g/mol. The Labute approximate surface area is 118 Å². The van der Waals surface area contributed by atoms with Crippen LogP contribution in [0.5, 0.6) is 0 Å². The molecule has 1 aromatic carbocycles. The molecule has 1 saturated heterocycles. The Morgan fingerprint density at radius 2 is 1.95 bits per heavy atom. The second-order valence-corrected chi connectivity index (χ2v) is 5.85. The second kappa shape index (κ2) is 5.74. The van der Waals surface area contributed by atoms with Gasteiger partial charge in [-0.1, -0.05) is 11.6 Å². The van der Waals surface area contributed by atoms with Gasteiger partial charge < -0.3 is 4.90 Å². The van der Waals surface area contributed by atoms with Crippen LogP contribution in [0.25, 0.3) is 0 Å². The van der Waals surface area contributed by atoms with Crippen molar-refractivity contribution < 1.29 is 13.2 Å². The molecule has 1 heterocycles. The molecule has 0 amide bonds. The van der Waals surface area contributed by atoms with Crippen molar-refractivity contribution in [2.75, 3.05) is 27.2 Å². The lowest BCUT2D eigenvalue weighted by Gasteiger charge is -2.21. The first kappa shape index (κ1) is 15.3. The zero-order valence-corrected chi connectivity index (χ0v) is 12.2. The van der Waals surface area contributed by atoms with Crippen molar-refractivity contribution in [3.8, 4) is 0 Å². The minimum absolute atomic E-state index is 0.502. The zero-order valence-electron chi connectivity index (χ0n) is 12.2. The van der Waals surface area contributed by atoms with Crippen LogP contribution in [0.4, 0.5) is 13.2 Å². The molecular weight excluding hydrogens is 265 g/mol. The topological polar surface area (TPSA) is 6.48 Å². The Bertz CT molecular complexity index is 469. The predicted octanol–water partition coefficient (Wildman–Crippen LogP) is 3.15. The minimum atomic E-state index is -4.27. The molecule has 1 aliphatic rings. The van der Waals surface area contributed by atoms with E-state index in [1.807, 2.05) is 20.2 Å². The van der Waals surface area contributed by atoms with Crippen molar-refractivity contribution in [1.29, 1.82) is 0 Å². The molecule has 0 aromatic heterocycles. The molecule has 1 aliphatic heterocycles. The number of rotatable bonds is 3. The van der Waals surface area contributed by atoms with Crippen molar-refractivity contribution in [1.82, 2.24) is 9.80 Å². The molecule has 20 heavy (non-hydrogen) atoms. The van der Waals surface area contributed by atoms with Gasteiger partial charge in [0.05, 0.1) is 5.56 Å². The van der Waals surface area contributed by atoms with Gasteiger partial charge in [0.15, 0.2) is 0 Å². The molecule has 2 nitrogen and oxygen atoms in total. The number of aryl methyl sites for hydroxylation is 1. The number of likely N-dealkylation sites (N-methyl/N-ethyl adjacent to an activating group) is 1. The summed E-state index contributed by atoms with van der Waals surface area (Å²) in [4.78, 5) is 4.40. The molecule has 5 heteroatoms. The number of nitrogens with zero attached hydrogens (tertiary/aromatic N) is 2. The maximum Gasteiger partial charge on any atom is 0.416 e. The summed E-state index contributed by atoms with van der Waals surface area (Å²) in [6.07, 6.45) is -3.19. The second-order valence-electron chi connectivity index (χ2n) is 5.85. The van der Waals surface area contributed by atoms with Crippen LogP contribution in [-0.4, -0.2) is 43.0 Å². The van der Waals surface area contributed by atoms with Gasteiger partial charge in [0, 0.05) is 25.7 Å². The smallest absolute Gasteiger partial charge is 0.305 e. The Morgan fingerprint density at radius 1 is 1.25 bits per heavy atom. The van der Waals surface area contributed by atoms with E-state index in [0.29, 0.717) is 18.2 Å². The summed E-state index contributed by atoms with van der Waals surface area (Å²) in [6.45, 7) is 4.17. The van der Waals surface area contributed by atoms with Crippen molar-refractivity contribution in [3.05, 3.63) is 34.9 Å². The van der Waals surface area contributed by atoms with Crippen LogP contribution < -0.4 is 0 Å². The van der Waals surface area contributed by atoms with Crippen molar-refractivity contribution >= 4 is 0 Å². The first-order valence-corrected chi connectivity index (χ1v) is 6.82. The van der Waals surface area contributed by atoms with Gasteiger partial charge in [0.1, 0.15) is 0 Å². The quantitative estimate of drug-likeness (QED) is 0.842. The summed E-state index contributed by atoms with van der Waals surface area (Å²) in [5.74, 6) is 0. The van der Waals surface area contributed by atoms with Gasteiger partial charge >= 0.3 is 6.18 Å². The number of benzene rings is 1. The highest BCUT2D eigenvalue weighted by molar-refractivity contribution is 5.31. The van der Waals surface area contributed by atoms with Crippen LogP contribution in [0.1, 0.15) is 23.1 Å². The fraction of sp³-hybridized carbons (Fsp3) is 0.600. The third kappa shape index (κ3) is 3.73. The number of halogens is 3. The van der Waals surface area contributed by atoms with Gasteiger partial charge in [-0.25, -0.2) is 0 Å². The molecule has 1 aromatic rings. The van der Waals surface area contributed by atoms with Gasteiger partial charge in [-0.15, -0.1) is 0 Å². The Morgan fingerprint density at radius 3 is 2.50 bits per heavy atom. The summed E-state index contributed by atoms with van der Waals surface area (Å²) >= 11 is 0. The average Bonchev–Trinajstić information content (AvgIpc) is 2.75. The zero-order chi connectivity index (χ0) is 14.9. The largest absolute Gasteiger partial charge is 0.416 e. The molecule has 1 atom stereocenters. The Balaban J connectivity index is 2.09. The molecule has 0 N–H and O–H groups in total. The van der Waals surface area contributed by atoms with E-state index in [-0.39, 0.29) is 0 Å². The van der Waals surface area contributed by atoms with Crippen LogP contribution in [0.2, 0.25) is 0 Å². The molecular formula is C15H21F3N2. The number of alkyl halides is 3. The van der Waals surface area contributed by atoms with Crippen molar-refractivity contribution in [2.45, 2.75) is 32.1 Å². The summed E-state index contributed by atoms with van der Waals surface area (Å²) in [7, 11) is 4.09. The maximum atomic E-state index is 12.8. The standard InChI is InChI=1S/C15H21F3N2/c1-11-6-12(8-13(7-11)15(16,17)18)9-20-5-4-14(10-20)19(2)3/h6-8,14H,4-5,9-10H2,1-3H3/t14-/m0/s1. The summed E-state index contributed by atoms with van der Waals surface area (Å²) in [5, 5.41) is 0. The molecule has 0 aliphatic carbocycles. The predicted molar refractivity (Wildman–Crippen MR) is 73.6 cm³/mol. The molecule has 1 fully saturated rings. The fourth-order valence-corrected chi connectivity index (χ4v) is 2.75. The lowest BCUT2D eigenvalue weighted by atomic mass is 10.1. The molecule has 0 unspecified atom stereocenters. The van der Waals surface area contributed by atoms with E-state index in [4.69, 9.17) is 0 Å². The first-order valence-electron chi connectivity index (χ1n) is 6.82. The third-order valence-corrected chi connectivity index (χ3v) is 3.85. The molecule has 0 radical (unpaired) electrons. The van der Waals surface area contributed by atoms with Gasteiger partial charge in [0.2, 0.25) is 0 Å². The molecule has 0 spiro atoms. The normalized spacial score (nSPS) is 20.9. The summed E-state index contributed by atoms with van der Waals surface area (Å²) in [6, 6.07) is 4.83. The van der Waals surface area contributed by atoms with Crippen molar-refractivity contribution in [2.24, 2.45) is 0 Å².